The van der Waals surface area contributed by atoms with Crippen molar-refractivity contribution in [2.24, 2.45) is 5.92 Å². The van der Waals surface area contributed by atoms with Crippen molar-refractivity contribution in [2.75, 3.05) is 19.6 Å². The number of aryl methyl sites for hydroxylation is 2. The van der Waals surface area contributed by atoms with Crippen molar-refractivity contribution in [2.45, 2.75) is 76.4 Å². The summed E-state index contributed by atoms with van der Waals surface area (Å²) in [4.78, 5) is 2.52. The Morgan fingerprint density at radius 3 is 1.92 bits per heavy atom. The van der Waals surface area contributed by atoms with E-state index in [1.165, 1.54) is 16.7 Å². The van der Waals surface area contributed by atoms with Crippen LogP contribution < -0.4 is 0 Å². The van der Waals surface area contributed by atoms with Gasteiger partial charge in [-0.05, 0) is 103 Å². The third kappa shape index (κ3) is 5.41. The molecule has 1 unspecified atom stereocenters. The summed E-state index contributed by atoms with van der Waals surface area (Å²) in [6.07, 6.45) is 5.27. The summed E-state index contributed by atoms with van der Waals surface area (Å²) >= 11 is 0. The number of aliphatic hydroxyl groups excluding tert-OH is 1. The lowest BCUT2D eigenvalue weighted by molar-refractivity contribution is -0.0150. The Morgan fingerprint density at radius 2 is 1.38 bits per heavy atom. The molecular formula is C34H43NO2. The van der Waals surface area contributed by atoms with Crippen molar-refractivity contribution in [3.63, 3.8) is 0 Å². The summed E-state index contributed by atoms with van der Waals surface area (Å²) in [7, 11) is 0. The molecule has 0 saturated carbocycles. The molecule has 0 aromatic heterocycles. The average Bonchev–Trinajstić information content (AvgIpc) is 3.04. The standard InChI is InChI=1S/C34H43NO2/c1-33(2,3)28-18-16-27(17-19-28)32(36)13-8-22-35-23-20-29(21-24-35)34(37)30-11-6-4-9-25(30)14-15-26-10-5-7-12-31(26)34/h4-7,9-12,16-19,29,32,36-37H,8,13-15,20-24H2,1-3H3. The van der Waals surface area contributed by atoms with E-state index in [9.17, 15) is 10.2 Å². The van der Waals surface area contributed by atoms with Gasteiger partial charge in [0, 0.05) is 0 Å². The number of nitrogens with zero attached hydrogens (tertiary/aromatic N) is 1. The summed E-state index contributed by atoms with van der Waals surface area (Å²) in [5.74, 6) is 0.205. The minimum atomic E-state index is -0.925. The molecular weight excluding hydrogens is 454 g/mol. The lowest BCUT2D eigenvalue weighted by Crippen LogP contribution is -2.45. The molecule has 37 heavy (non-hydrogen) atoms. The Hall–Kier alpha value is -2.46. The van der Waals surface area contributed by atoms with Gasteiger partial charge in [0.05, 0.1) is 6.10 Å². The lowest BCUT2D eigenvalue weighted by atomic mass is 9.70. The van der Waals surface area contributed by atoms with E-state index in [4.69, 9.17) is 0 Å². The van der Waals surface area contributed by atoms with Gasteiger partial charge in [0.15, 0.2) is 0 Å². The van der Waals surface area contributed by atoms with E-state index in [-0.39, 0.29) is 11.3 Å². The quantitative estimate of drug-likeness (QED) is 0.406. The number of aliphatic hydroxyl groups is 2. The second-order valence-corrected chi connectivity index (χ2v) is 12.2. The van der Waals surface area contributed by atoms with Gasteiger partial charge in [-0.15, -0.1) is 0 Å². The minimum absolute atomic E-state index is 0.129. The second kappa shape index (κ2) is 10.7. The van der Waals surface area contributed by atoms with E-state index < -0.39 is 11.7 Å². The Labute approximate surface area is 223 Å². The van der Waals surface area contributed by atoms with Crippen molar-refractivity contribution >= 4 is 0 Å². The van der Waals surface area contributed by atoms with Crippen LogP contribution in [0.15, 0.2) is 72.8 Å². The molecule has 1 fully saturated rings. The molecule has 196 valence electrons. The topological polar surface area (TPSA) is 43.7 Å². The maximum Gasteiger partial charge on any atom is 0.118 e. The van der Waals surface area contributed by atoms with Gasteiger partial charge in [0.25, 0.3) is 0 Å². The minimum Gasteiger partial charge on any atom is -0.388 e. The van der Waals surface area contributed by atoms with Crippen LogP contribution in [0, 0.1) is 5.92 Å². The summed E-state index contributed by atoms with van der Waals surface area (Å²) in [6, 6.07) is 25.5. The van der Waals surface area contributed by atoms with Gasteiger partial charge >= 0.3 is 0 Å². The van der Waals surface area contributed by atoms with Crippen LogP contribution in [-0.2, 0) is 23.9 Å². The van der Waals surface area contributed by atoms with Crippen molar-refractivity contribution in [1.82, 2.24) is 4.90 Å². The van der Waals surface area contributed by atoms with Crippen LogP contribution in [-0.4, -0.2) is 34.7 Å². The van der Waals surface area contributed by atoms with Gasteiger partial charge in [-0.25, -0.2) is 0 Å². The predicted molar refractivity (Wildman–Crippen MR) is 152 cm³/mol. The molecule has 3 nitrogen and oxygen atoms in total. The van der Waals surface area contributed by atoms with E-state index in [0.717, 1.165) is 74.8 Å². The van der Waals surface area contributed by atoms with Crippen molar-refractivity contribution in [1.29, 1.82) is 0 Å². The first-order valence-electron chi connectivity index (χ1n) is 14.2. The Balaban J connectivity index is 1.20. The molecule has 3 heteroatoms. The number of piperidine rings is 1. The lowest BCUT2D eigenvalue weighted by Gasteiger charge is -2.43. The van der Waals surface area contributed by atoms with E-state index >= 15 is 0 Å². The van der Waals surface area contributed by atoms with Gasteiger partial charge < -0.3 is 15.1 Å². The number of fused-ring (bicyclic) bond motifs is 2. The van der Waals surface area contributed by atoms with Crippen molar-refractivity contribution < 1.29 is 10.2 Å². The zero-order valence-corrected chi connectivity index (χ0v) is 22.8. The second-order valence-electron chi connectivity index (χ2n) is 12.2. The van der Waals surface area contributed by atoms with Gasteiger partial charge in [-0.1, -0.05) is 93.6 Å². The number of hydrogen-bond acceptors (Lipinski definition) is 3. The first-order chi connectivity index (χ1) is 17.8. The highest BCUT2D eigenvalue weighted by Gasteiger charge is 2.44. The molecule has 0 radical (unpaired) electrons. The van der Waals surface area contributed by atoms with Crippen LogP contribution in [0.25, 0.3) is 0 Å². The molecule has 0 bridgehead atoms. The smallest absolute Gasteiger partial charge is 0.118 e. The van der Waals surface area contributed by atoms with Crippen LogP contribution in [0.5, 0.6) is 0 Å². The van der Waals surface area contributed by atoms with Gasteiger partial charge in [-0.3, -0.25) is 0 Å². The normalized spacial score (nSPS) is 19.1. The molecule has 0 spiro atoms. The van der Waals surface area contributed by atoms with Crippen molar-refractivity contribution in [3.8, 4) is 0 Å². The molecule has 1 aliphatic heterocycles. The Bertz CT molecular complexity index is 1140. The molecule has 5 rings (SSSR count). The molecule has 2 aliphatic rings. The third-order valence-corrected chi connectivity index (χ3v) is 8.81. The SMILES string of the molecule is CC(C)(C)c1ccc(C(O)CCCN2CCC(C3(O)c4ccccc4CCc4ccccc43)CC2)cc1. The molecule has 1 saturated heterocycles. The van der Waals surface area contributed by atoms with Crippen LogP contribution in [0.1, 0.15) is 85.9 Å². The first kappa shape index (κ1) is 26.2. The zero-order valence-electron chi connectivity index (χ0n) is 22.8. The van der Waals surface area contributed by atoms with Gasteiger partial charge in [0.2, 0.25) is 0 Å². The first-order valence-corrected chi connectivity index (χ1v) is 14.2. The number of likely N-dealkylation sites (tertiary alicyclic amines) is 1. The van der Waals surface area contributed by atoms with Crippen LogP contribution in [0.3, 0.4) is 0 Å². The van der Waals surface area contributed by atoms with Crippen LogP contribution >= 0.6 is 0 Å². The van der Waals surface area contributed by atoms with Gasteiger partial charge in [0.1, 0.15) is 5.60 Å². The monoisotopic (exact) mass is 497 g/mol. The van der Waals surface area contributed by atoms with Crippen LogP contribution in [0.2, 0.25) is 0 Å². The van der Waals surface area contributed by atoms with E-state index in [1.807, 2.05) is 0 Å². The third-order valence-electron chi connectivity index (χ3n) is 8.81. The highest BCUT2D eigenvalue weighted by atomic mass is 16.3. The maximum absolute atomic E-state index is 12.5. The zero-order chi connectivity index (χ0) is 26.0. The molecule has 1 heterocycles. The molecule has 0 amide bonds. The van der Waals surface area contributed by atoms with Crippen LogP contribution in [0.4, 0.5) is 0 Å². The van der Waals surface area contributed by atoms with E-state index in [0.29, 0.717) is 0 Å². The summed E-state index contributed by atoms with van der Waals surface area (Å²) in [6.45, 7) is 9.63. The summed E-state index contributed by atoms with van der Waals surface area (Å²) in [5.41, 5.74) is 6.31. The fraction of sp³-hybridized carbons (Fsp3) is 0.471. The highest BCUT2D eigenvalue weighted by molar-refractivity contribution is 5.48. The number of rotatable bonds is 6. The molecule has 1 aliphatic carbocycles. The van der Waals surface area contributed by atoms with Gasteiger partial charge in [-0.2, -0.15) is 0 Å². The average molecular weight is 498 g/mol. The number of benzene rings is 3. The maximum atomic E-state index is 12.5. The Kier molecular flexibility index (Phi) is 7.58. The summed E-state index contributed by atoms with van der Waals surface area (Å²) in [5, 5.41) is 23.2. The highest BCUT2D eigenvalue weighted by Crippen LogP contribution is 2.46. The van der Waals surface area contributed by atoms with E-state index in [2.05, 4.69) is 98.5 Å². The largest absolute Gasteiger partial charge is 0.388 e. The molecule has 1 atom stereocenters. The van der Waals surface area contributed by atoms with Crippen molar-refractivity contribution in [3.05, 3.63) is 106 Å². The van der Waals surface area contributed by atoms with E-state index in [1.54, 1.807) is 0 Å². The molecule has 3 aromatic carbocycles. The molecule has 3 aromatic rings. The fourth-order valence-corrected chi connectivity index (χ4v) is 6.53. The summed E-state index contributed by atoms with van der Waals surface area (Å²) < 4.78 is 0. The Morgan fingerprint density at radius 1 is 0.838 bits per heavy atom. The molecule has 2 N–H and O–H groups in total. The fourth-order valence-electron chi connectivity index (χ4n) is 6.53. The number of hydrogen-bond donors (Lipinski definition) is 2. The predicted octanol–water partition coefficient (Wildman–Crippen LogP) is 6.54.